The minimum atomic E-state index is -0.297. The third-order valence-electron chi connectivity index (χ3n) is 3.45. The monoisotopic (exact) mass is 291 g/mol. The van der Waals surface area contributed by atoms with Gasteiger partial charge in [-0.3, -0.25) is 0 Å². The molecule has 0 heterocycles. The second-order valence-electron chi connectivity index (χ2n) is 4.91. The molecular formula is C17H19ClFN. The highest BCUT2D eigenvalue weighted by atomic mass is 35.5. The smallest absolute Gasteiger partial charge is 0.124 e. The van der Waals surface area contributed by atoms with E-state index in [2.05, 4.69) is 31.3 Å². The van der Waals surface area contributed by atoms with Gasteiger partial charge in [0.15, 0.2) is 0 Å². The molecule has 20 heavy (non-hydrogen) atoms. The summed E-state index contributed by atoms with van der Waals surface area (Å²) in [7, 11) is 0. The Bertz CT molecular complexity index is 583. The van der Waals surface area contributed by atoms with E-state index in [9.17, 15) is 4.39 Å². The summed E-state index contributed by atoms with van der Waals surface area (Å²) < 4.78 is 13.1. The van der Waals surface area contributed by atoms with Crippen LogP contribution in [0.5, 0.6) is 0 Å². The normalized spacial score (nSPS) is 12.4. The first-order chi connectivity index (χ1) is 9.61. The van der Waals surface area contributed by atoms with E-state index in [1.807, 2.05) is 12.1 Å². The molecule has 0 bridgehead atoms. The number of rotatable bonds is 5. The highest BCUT2D eigenvalue weighted by Crippen LogP contribution is 2.26. The molecule has 0 aliphatic carbocycles. The second-order valence-corrected chi connectivity index (χ2v) is 5.31. The first-order valence-electron chi connectivity index (χ1n) is 6.84. The maximum atomic E-state index is 13.1. The first-order valence-corrected chi connectivity index (χ1v) is 7.22. The number of hydrogen-bond acceptors (Lipinski definition) is 1. The molecule has 0 aromatic heterocycles. The van der Waals surface area contributed by atoms with Crippen LogP contribution in [0.25, 0.3) is 0 Å². The van der Waals surface area contributed by atoms with Gasteiger partial charge >= 0.3 is 0 Å². The summed E-state index contributed by atoms with van der Waals surface area (Å²) in [4.78, 5) is 0. The predicted molar refractivity (Wildman–Crippen MR) is 82.7 cm³/mol. The molecule has 0 aliphatic rings. The molecule has 0 spiro atoms. The molecule has 3 heteroatoms. The van der Waals surface area contributed by atoms with Crippen LogP contribution in [-0.2, 0) is 6.42 Å². The molecule has 1 atom stereocenters. The van der Waals surface area contributed by atoms with Crippen molar-refractivity contribution in [3.8, 4) is 0 Å². The largest absolute Gasteiger partial charge is 0.310 e. The zero-order chi connectivity index (χ0) is 14.5. The van der Waals surface area contributed by atoms with Gasteiger partial charge in [-0.25, -0.2) is 4.39 Å². The van der Waals surface area contributed by atoms with Crippen molar-refractivity contribution in [2.45, 2.75) is 26.3 Å². The summed E-state index contributed by atoms with van der Waals surface area (Å²) in [5.74, 6) is -0.297. The lowest BCUT2D eigenvalue weighted by Gasteiger charge is -2.21. The lowest BCUT2D eigenvalue weighted by Crippen LogP contribution is -2.23. The van der Waals surface area contributed by atoms with Crippen LogP contribution in [0, 0.1) is 12.7 Å². The highest BCUT2D eigenvalue weighted by Gasteiger charge is 2.15. The fourth-order valence-electron chi connectivity index (χ4n) is 2.42. The van der Waals surface area contributed by atoms with E-state index in [1.54, 1.807) is 6.07 Å². The van der Waals surface area contributed by atoms with Crippen molar-refractivity contribution in [3.05, 3.63) is 70.0 Å². The van der Waals surface area contributed by atoms with E-state index in [4.69, 9.17) is 11.6 Å². The van der Waals surface area contributed by atoms with E-state index in [0.717, 1.165) is 18.5 Å². The molecule has 2 aromatic carbocycles. The van der Waals surface area contributed by atoms with Gasteiger partial charge in [0.25, 0.3) is 0 Å². The SMILES string of the molecule is CCNC(Cc1ccc(F)cc1Cl)c1ccccc1C. The number of halogens is 2. The molecule has 0 aliphatic heterocycles. The lowest BCUT2D eigenvalue weighted by atomic mass is 9.95. The number of aryl methyl sites for hydroxylation is 1. The van der Waals surface area contributed by atoms with Gasteiger partial charge in [0.05, 0.1) is 0 Å². The van der Waals surface area contributed by atoms with Gasteiger partial charge in [-0.1, -0.05) is 48.9 Å². The van der Waals surface area contributed by atoms with Crippen molar-refractivity contribution in [3.63, 3.8) is 0 Å². The Morgan fingerprint density at radius 3 is 2.60 bits per heavy atom. The minimum Gasteiger partial charge on any atom is -0.310 e. The van der Waals surface area contributed by atoms with Crippen LogP contribution in [0.1, 0.15) is 29.7 Å². The summed E-state index contributed by atoms with van der Waals surface area (Å²) in [6.45, 7) is 5.06. The second kappa shape index (κ2) is 6.87. The molecule has 2 aromatic rings. The third kappa shape index (κ3) is 3.59. The highest BCUT2D eigenvalue weighted by molar-refractivity contribution is 6.31. The number of benzene rings is 2. The fraction of sp³-hybridized carbons (Fsp3) is 0.294. The molecule has 0 amide bonds. The van der Waals surface area contributed by atoms with Gasteiger partial charge in [0, 0.05) is 11.1 Å². The van der Waals surface area contributed by atoms with Crippen molar-refractivity contribution < 1.29 is 4.39 Å². The number of hydrogen-bond donors (Lipinski definition) is 1. The summed E-state index contributed by atoms with van der Waals surface area (Å²) in [6.07, 6.45) is 0.748. The van der Waals surface area contributed by atoms with Gasteiger partial charge in [-0.05, 0) is 48.7 Å². The Kier molecular flexibility index (Phi) is 5.16. The third-order valence-corrected chi connectivity index (χ3v) is 3.81. The van der Waals surface area contributed by atoms with Gasteiger partial charge in [-0.2, -0.15) is 0 Å². The lowest BCUT2D eigenvalue weighted by molar-refractivity contribution is 0.546. The van der Waals surface area contributed by atoms with Gasteiger partial charge < -0.3 is 5.32 Å². The maximum Gasteiger partial charge on any atom is 0.124 e. The van der Waals surface area contributed by atoms with E-state index in [0.29, 0.717) is 5.02 Å². The quantitative estimate of drug-likeness (QED) is 0.843. The molecule has 0 fully saturated rings. The molecular weight excluding hydrogens is 273 g/mol. The summed E-state index contributed by atoms with van der Waals surface area (Å²) in [5, 5.41) is 3.97. The van der Waals surface area contributed by atoms with Crippen molar-refractivity contribution in [2.75, 3.05) is 6.54 Å². The van der Waals surface area contributed by atoms with E-state index < -0.39 is 0 Å². The summed E-state index contributed by atoms with van der Waals surface area (Å²) >= 11 is 6.13. The number of likely N-dealkylation sites (N-methyl/N-ethyl adjacent to an activating group) is 1. The zero-order valence-electron chi connectivity index (χ0n) is 11.8. The van der Waals surface area contributed by atoms with Crippen LogP contribution < -0.4 is 5.32 Å². The van der Waals surface area contributed by atoms with Crippen LogP contribution in [0.4, 0.5) is 4.39 Å². The molecule has 0 saturated heterocycles. The van der Waals surface area contributed by atoms with E-state index >= 15 is 0 Å². The average molecular weight is 292 g/mol. The Hall–Kier alpha value is -1.38. The van der Waals surface area contributed by atoms with Crippen molar-refractivity contribution in [2.24, 2.45) is 0 Å². The van der Waals surface area contributed by atoms with E-state index in [1.165, 1.54) is 23.3 Å². The Morgan fingerprint density at radius 2 is 1.95 bits per heavy atom. The van der Waals surface area contributed by atoms with Gasteiger partial charge in [0.2, 0.25) is 0 Å². The van der Waals surface area contributed by atoms with E-state index in [-0.39, 0.29) is 11.9 Å². The Balaban J connectivity index is 2.28. The average Bonchev–Trinajstić information content (AvgIpc) is 2.42. The van der Waals surface area contributed by atoms with Crippen LogP contribution in [0.3, 0.4) is 0 Å². The van der Waals surface area contributed by atoms with Crippen molar-refractivity contribution in [1.82, 2.24) is 5.32 Å². The molecule has 0 saturated carbocycles. The molecule has 0 radical (unpaired) electrons. The van der Waals surface area contributed by atoms with Crippen LogP contribution in [0.2, 0.25) is 5.02 Å². The standard InChI is InChI=1S/C17H19ClFN/c1-3-20-17(15-7-5-4-6-12(15)2)10-13-8-9-14(19)11-16(13)18/h4-9,11,17,20H,3,10H2,1-2H3. The minimum absolute atomic E-state index is 0.184. The Labute approximate surface area is 124 Å². The first kappa shape index (κ1) is 15.0. The Morgan fingerprint density at radius 1 is 1.20 bits per heavy atom. The molecule has 106 valence electrons. The van der Waals surface area contributed by atoms with Crippen LogP contribution >= 0.6 is 11.6 Å². The molecule has 2 rings (SSSR count). The molecule has 1 N–H and O–H groups in total. The van der Waals surface area contributed by atoms with Crippen LogP contribution in [0.15, 0.2) is 42.5 Å². The number of nitrogens with one attached hydrogen (secondary N) is 1. The zero-order valence-corrected chi connectivity index (χ0v) is 12.5. The van der Waals surface area contributed by atoms with Crippen LogP contribution in [-0.4, -0.2) is 6.54 Å². The van der Waals surface area contributed by atoms with Crippen molar-refractivity contribution >= 4 is 11.6 Å². The van der Waals surface area contributed by atoms with Gasteiger partial charge in [0.1, 0.15) is 5.82 Å². The van der Waals surface area contributed by atoms with Crippen molar-refractivity contribution in [1.29, 1.82) is 0 Å². The summed E-state index contributed by atoms with van der Waals surface area (Å²) in [6, 6.07) is 13.1. The van der Waals surface area contributed by atoms with Gasteiger partial charge in [-0.15, -0.1) is 0 Å². The molecule has 1 unspecified atom stereocenters. The molecule has 1 nitrogen and oxygen atoms in total. The topological polar surface area (TPSA) is 12.0 Å². The fourth-order valence-corrected chi connectivity index (χ4v) is 2.67. The predicted octanol–water partition coefficient (Wildman–Crippen LogP) is 4.68. The maximum absolute atomic E-state index is 13.1. The summed E-state index contributed by atoms with van der Waals surface area (Å²) in [5.41, 5.74) is 3.47.